The number of hydrogen-bond donors (Lipinski definition) is 1. The number of thiazole rings is 1. The van der Waals surface area contributed by atoms with Gasteiger partial charge in [0.15, 0.2) is 5.82 Å². The summed E-state index contributed by atoms with van der Waals surface area (Å²) < 4.78 is 3.58. The molecule has 0 aliphatic rings. The molecule has 0 aliphatic heterocycles. The molecule has 0 atom stereocenters. The van der Waals surface area contributed by atoms with Gasteiger partial charge in [-0.2, -0.15) is 5.10 Å². The van der Waals surface area contributed by atoms with Crippen molar-refractivity contribution < 1.29 is 4.79 Å². The summed E-state index contributed by atoms with van der Waals surface area (Å²) in [6.07, 6.45) is 5.24. The van der Waals surface area contributed by atoms with Crippen LogP contribution in [0.15, 0.2) is 24.1 Å². The largest absolute Gasteiger partial charge is 0.343 e. The average molecular weight is 317 g/mol. The zero-order valence-corrected chi connectivity index (χ0v) is 13.0. The molecular formula is C13H15N7OS. The SMILES string of the molecule is CCn1cnnc1CNC(=O)c1csc(-c2cnn(C)c2)n1. The second-order valence-corrected chi connectivity index (χ2v) is 5.51. The summed E-state index contributed by atoms with van der Waals surface area (Å²) in [7, 11) is 1.84. The van der Waals surface area contributed by atoms with Crippen LogP contribution in [0.4, 0.5) is 0 Å². The van der Waals surface area contributed by atoms with Gasteiger partial charge in [0, 0.05) is 30.7 Å². The summed E-state index contributed by atoms with van der Waals surface area (Å²) in [6.45, 7) is 3.09. The summed E-state index contributed by atoms with van der Waals surface area (Å²) in [6, 6.07) is 0. The third kappa shape index (κ3) is 2.89. The van der Waals surface area contributed by atoms with Gasteiger partial charge in [-0.05, 0) is 6.92 Å². The van der Waals surface area contributed by atoms with Crippen molar-refractivity contribution in [3.8, 4) is 10.6 Å². The van der Waals surface area contributed by atoms with Crippen LogP contribution in [0.1, 0.15) is 23.2 Å². The number of aryl methyl sites for hydroxylation is 2. The highest BCUT2D eigenvalue weighted by Gasteiger charge is 2.13. The van der Waals surface area contributed by atoms with E-state index in [1.54, 1.807) is 22.6 Å². The van der Waals surface area contributed by atoms with Gasteiger partial charge in [0.2, 0.25) is 0 Å². The summed E-state index contributed by atoms with van der Waals surface area (Å²) in [4.78, 5) is 16.5. The van der Waals surface area contributed by atoms with Crippen molar-refractivity contribution in [2.75, 3.05) is 0 Å². The quantitative estimate of drug-likeness (QED) is 0.760. The molecule has 0 fully saturated rings. The molecule has 0 aromatic carbocycles. The molecule has 0 spiro atoms. The van der Waals surface area contributed by atoms with Crippen LogP contribution in [-0.2, 0) is 20.1 Å². The van der Waals surface area contributed by atoms with E-state index < -0.39 is 0 Å². The van der Waals surface area contributed by atoms with Crippen LogP contribution >= 0.6 is 11.3 Å². The lowest BCUT2D eigenvalue weighted by Crippen LogP contribution is -2.25. The van der Waals surface area contributed by atoms with E-state index in [1.807, 2.05) is 24.7 Å². The van der Waals surface area contributed by atoms with Crippen molar-refractivity contribution in [3.05, 3.63) is 35.6 Å². The molecule has 0 radical (unpaired) electrons. The molecule has 3 heterocycles. The third-order valence-electron chi connectivity index (χ3n) is 3.13. The number of nitrogens with one attached hydrogen (secondary N) is 1. The Morgan fingerprint density at radius 2 is 2.32 bits per heavy atom. The Labute approximate surface area is 130 Å². The van der Waals surface area contributed by atoms with Crippen molar-refractivity contribution in [2.45, 2.75) is 20.0 Å². The standard InChI is InChI=1S/C13H15N7OS/c1-3-20-8-15-18-11(20)5-14-12(21)10-7-22-13(17-10)9-4-16-19(2)6-9/h4,6-8H,3,5H2,1-2H3,(H,14,21). The minimum atomic E-state index is -0.225. The van der Waals surface area contributed by atoms with E-state index in [0.29, 0.717) is 12.2 Å². The second kappa shape index (κ2) is 6.06. The predicted molar refractivity (Wildman–Crippen MR) is 81.2 cm³/mol. The molecule has 0 unspecified atom stereocenters. The second-order valence-electron chi connectivity index (χ2n) is 4.66. The van der Waals surface area contributed by atoms with E-state index in [9.17, 15) is 4.79 Å². The molecule has 3 aromatic rings. The minimum Gasteiger partial charge on any atom is -0.343 e. The first kappa shape index (κ1) is 14.4. The summed E-state index contributed by atoms with van der Waals surface area (Å²) in [5, 5.41) is 17.2. The summed E-state index contributed by atoms with van der Waals surface area (Å²) in [5.41, 5.74) is 1.30. The molecule has 0 saturated carbocycles. The number of amides is 1. The van der Waals surface area contributed by atoms with E-state index in [4.69, 9.17) is 0 Å². The molecule has 0 aliphatic carbocycles. The Kier molecular flexibility index (Phi) is 3.96. The molecular weight excluding hydrogens is 302 g/mol. The number of rotatable bonds is 5. The Hall–Kier alpha value is -2.55. The zero-order chi connectivity index (χ0) is 15.5. The Morgan fingerprint density at radius 3 is 3.05 bits per heavy atom. The Bertz CT molecular complexity index is 788. The molecule has 0 bridgehead atoms. The van der Waals surface area contributed by atoms with Gasteiger partial charge in [-0.1, -0.05) is 0 Å². The van der Waals surface area contributed by atoms with Crippen molar-refractivity contribution in [1.29, 1.82) is 0 Å². The first-order valence-corrected chi connectivity index (χ1v) is 7.64. The van der Waals surface area contributed by atoms with Gasteiger partial charge >= 0.3 is 0 Å². The fourth-order valence-corrected chi connectivity index (χ4v) is 2.75. The van der Waals surface area contributed by atoms with Crippen LogP contribution < -0.4 is 5.32 Å². The van der Waals surface area contributed by atoms with Gasteiger partial charge in [-0.25, -0.2) is 4.98 Å². The lowest BCUT2D eigenvalue weighted by molar-refractivity contribution is 0.0945. The van der Waals surface area contributed by atoms with Crippen LogP contribution in [-0.4, -0.2) is 35.4 Å². The molecule has 8 nitrogen and oxygen atoms in total. The molecule has 9 heteroatoms. The van der Waals surface area contributed by atoms with E-state index >= 15 is 0 Å². The molecule has 3 rings (SSSR count). The van der Waals surface area contributed by atoms with Crippen molar-refractivity contribution in [1.82, 2.24) is 34.8 Å². The van der Waals surface area contributed by atoms with E-state index in [0.717, 1.165) is 22.9 Å². The minimum absolute atomic E-state index is 0.225. The summed E-state index contributed by atoms with van der Waals surface area (Å²) in [5.74, 6) is 0.496. The van der Waals surface area contributed by atoms with Crippen molar-refractivity contribution in [2.24, 2.45) is 7.05 Å². The smallest absolute Gasteiger partial charge is 0.271 e. The molecule has 3 aromatic heterocycles. The zero-order valence-electron chi connectivity index (χ0n) is 12.2. The van der Waals surface area contributed by atoms with Gasteiger partial charge in [-0.3, -0.25) is 9.48 Å². The monoisotopic (exact) mass is 317 g/mol. The van der Waals surface area contributed by atoms with Gasteiger partial charge in [0.25, 0.3) is 5.91 Å². The van der Waals surface area contributed by atoms with E-state index in [-0.39, 0.29) is 5.91 Å². The highest BCUT2D eigenvalue weighted by atomic mass is 32.1. The topological polar surface area (TPSA) is 90.5 Å². The van der Waals surface area contributed by atoms with E-state index in [2.05, 4.69) is 25.6 Å². The number of nitrogens with zero attached hydrogens (tertiary/aromatic N) is 6. The average Bonchev–Trinajstić information content (AvgIpc) is 3.24. The van der Waals surface area contributed by atoms with Crippen LogP contribution in [0.25, 0.3) is 10.6 Å². The van der Waals surface area contributed by atoms with Gasteiger partial charge in [0.05, 0.1) is 12.7 Å². The predicted octanol–water partition coefficient (Wildman–Crippen LogP) is 1.08. The van der Waals surface area contributed by atoms with Crippen LogP contribution in [0.5, 0.6) is 0 Å². The fraction of sp³-hybridized carbons (Fsp3) is 0.308. The third-order valence-corrected chi connectivity index (χ3v) is 4.02. The molecule has 1 amide bonds. The molecule has 22 heavy (non-hydrogen) atoms. The van der Waals surface area contributed by atoms with E-state index in [1.165, 1.54) is 11.3 Å². The maximum absolute atomic E-state index is 12.1. The normalized spacial score (nSPS) is 10.8. The van der Waals surface area contributed by atoms with Gasteiger partial charge in [0.1, 0.15) is 17.0 Å². The first-order valence-electron chi connectivity index (χ1n) is 6.76. The van der Waals surface area contributed by atoms with Crippen LogP contribution in [0.3, 0.4) is 0 Å². The summed E-state index contributed by atoms with van der Waals surface area (Å²) >= 11 is 1.42. The number of hydrogen-bond acceptors (Lipinski definition) is 6. The van der Waals surface area contributed by atoms with Crippen LogP contribution in [0.2, 0.25) is 0 Å². The highest BCUT2D eigenvalue weighted by Crippen LogP contribution is 2.22. The highest BCUT2D eigenvalue weighted by molar-refractivity contribution is 7.13. The van der Waals surface area contributed by atoms with Gasteiger partial charge in [-0.15, -0.1) is 21.5 Å². The Morgan fingerprint density at radius 1 is 1.45 bits per heavy atom. The molecule has 114 valence electrons. The van der Waals surface area contributed by atoms with Gasteiger partial charge < -0.3 is 9.88 Å². The Balaban J connectivity index is 1.67. The maximum Gasteiger partial charge on any atom is 0.271 e. The molecule has 0 saturated heterocycles. The molecule has 1 N–H and O–H groups in total. The lowest BCUT2D eigenvalue weighted by Gasteiger charge is -2.04. The maximum atomic E-state index is 12.1. The fourth-order valence-electron chi connectivity index (χ4n) is 1.97. The lowest BCUT2D eigenvalue weighted by atomic mass is 10.4. The van der Waals surface area contributed by atoms with Crippen molar-refractivity contribution in [3.63, 3.8) is 0 Å². The van der Waals surface area contributed by atoms with Crippen molar-refractivity contribution >= 4 is 17.2 Å². The number of aromatic nitrogens is 6. The number of carbonyl (C=O) groups excluding carboxylic acids is 1. The van der Waals surface area contributed by atoms with Crippen LogP contribution in [0, 0.1) is 0 Å². The first-order chi connectivity index (χ1) is 10.7. The number of carbonyl (C=O) groups is 1.